The van der Waals surface area contributed by atoms with Gasteiger partial charge >= 0.3 is 0 Å². The third-order valence-electron chi connectivity index (χ3n) is 1.98. The Morgan fingerprint density at radius 1 is 1.44 bits per heavy atom. The Morgan fingerprint density at radius 2 is 2.22 bits per heavy atom. The molecular weight excluding hydrogens is 119 g/mol. The standard InChI is InChI=1S/C7H13FO/c8-7-3-1-2-6(4-7)5-9/h6-7,9H,1-5H2/t6-,7+/m0/s1. The predicted octanol–water partition coefficient (Wildman–Crippen LogP) is 1.51. The molecule has 1 saturated carbocycles. The van der Waals surface area contributed by atoms with Crippen molar-refractivity contribution in [1.82, 2.24) is 0 Å². The Morgan fingerprint density at radius 3 is 2.67 bits per heavy atom. The summed E-state index contributed by atoms with van der Waals surface area (Å²) in [6.07, 6.45) is 2.60. The van der Waals surface area contributed by atoms with Crippen molar-refractivity contribution in [3.63, 3.8) is 0 Å². The average molecular weight is 132 g/mol. The lowest BCUT2D eigenvalue weighted by Gasteiger charge is -2.21. The minimum atomic E-state index is -0.643. The van der Waals surface area contributed by atoms with E-state index in [0.717, 1.165) is 12.8 Å². The lowest BCUT2D eigenvalue weighted by Crippen LogP contribution is -2.18. The van der Waals surface area contributed by atoms with Gasteiger partial charge < -0.3 is 5.11 Å². The van der Waals surface area contributed by atoms with Crippen LogP contribution in [0.4, 0.5) is 4.39 Å². The average Bonchev–Trinajstić information content (AvgIpc) is 1.88. The van der Waals surface area contributed by atoms with Crippen LogP contribution < -0.4 is 0 Å². The first-order valence-corrected chi connectivity index (χ1v) is 3.58. The van der Waals surface area contributed by atoms with Crippen molar-refractivity contribution in [1.29, 1.82) is 0 Å². The van der Waals surface area contributed by atoms with E-state index in [2.05, 4.69) is 0 Å². The molecule has 9 heavy (non-hydrogen) atoms. The summed E-state index contributed by atoms with van der Waals surface area (Å²) in [5, 5.41) is 8.64. The van der Waals surface area contributed by atoms with Gasteiger partial charge in [0, 0.05) is 6.61 Å². The van der Waals surface area contributed by atoms with Crippen LogP contribution in [0.3, 0.4) is 0 Å². The molecular formula is C7H13FO. The summed E-state index contributed by atoms with van der Waals surface area (Å²) in [5.41, 5.74) is 0. The van der Waals surface area contributed by atoms with Crippen LogP contribution >= 0.6 is 0 Å². The van der Waals surface area contributed by atoms with Crippen LogP contribution in [-0.2, 0) is 0 Å². The van der Waals surface area contributed by atoms with Crippen molar-refractivity contribution >= 4 is 0 Å². The first kappa shape index (κ1) is 7.00. The van der Waals surface area contributed by atoms with Crippen molar-refractivity contribution in [2.24, 2.45) is 5.92 Å². The maximum Gasteiger partial charge on any atom is 0.100 e. The quantitative estimate of drug-likeness (QED) is 0.573. The van der Waals surface area contributed by atoms with Gasteiger partial charge in [0.1, 0.15) is 6.17 Å². The van der Waals surface area contributed by atoms with Gasteiger partial charge in [-0.2, -0.15) is 0 Å². The van der Waals surface area contributed by atoms with Crippen molar-refractivity contribution in [2.75, 3.05) is 6.61 Å². The van der Waals surface area contributed by atoms with Gasteiger partial charge in [0.15, 0.2) is 0 Å². The summed E-state index contributed by atoms with van der Waals surface area (Å²) in [7, 11) is 0. The van der Waals surface area contributed by atoms with Crippen LogP contribution in [-0.4, -0.2) is 17.9 Å². The fraction of sp³-hybridized carbons (Fsp3) is 1.00. The smallest absolute Gasteiger partial charge is 0.100 e. The second kappa shape index (κ2) is 3.16. The SMILES string of the molecule is OC[C@H]1CCC[C@@H](F)C1. The van der Waals surface area contributed by atoms with Gasteiger partial charge in [-0.15, -0.1) is 0 Å². The Kier molecular flexibility index (Phi) is 2.46. The number of alkyl halides is 1. The van der Waals surface area contributed by atoms with Crippen molar-refractivity contribution in [3.05, 3.63) is 0 Å². The molecule has 54 valence electrons. The number of hydrogen-bond acceptors (Lipinski definition) is 1. The zero-order valence-electron chi connectivity index (χ0n) is 5.52. The van der Waals surface area contributed by atoms with Gasteiger partial charge in [0.05, 0.1) is 0 Å². The number of aliphatic hydroxyl groups is 1. The molecule has 2 atom stereocenters. The third kappa shape index (κ3) is 1.94. The largest absolute Gasteiger partial charge is 0.396 e. The maximum absolute atomic E-state index is 12.5. The lowest BCUT2D eigenvalue weighted by atomic mass is 9.89. The summed E-state index contributed by atoms with van der Waals surface area (Å²) in [6, 6.07) is 0. The first-order chi connectivity index (χ1) is 4.33. The predicted molar refractivity (Wildman–Crippen MR) is 33.9 cm³/mol. The monoisotopic (exact) mass is 132 g/mol. The second-order valence-electron chi connectivity index (χ2n) is 2.81. The van der Waals surface area contributed by atoms with Crippen molar-refractivity contribution in [2.45, 2.75) is 31.9 Å². The molecule has 0 aromatic heterocycles. The maximum atomic E-state index is 12.5. The van der Waals surface area contributed by atoms with Crippen LogP contribution in [0.25, 0.3) is 0 Å². The van der Waals surface area contributed by atoms with Crippen LogP contribution in [0.1, 0.15) is 25.7 Å². The van der Waals surface area contributed by atoms with E-state index in [1.807, 2.05) is 0 Å². The molecule has 1 nitrogen and oxygen atoms in total. The molecule has 0 spiro atoms. The Hall–Kier alpha value is -0.110. The highest BCUT2D eigenvalue weighted by atomic mass is 19.1. The van der Waals surface area contributed by atoms with Gasteiger partial charge in [0.2, 0.25) is 0 Å². The van der Waals surface area contributed by atoms with Crippen LogP contribution in [0, 0.1) is 5.92 Å². The van der Waals surface area contributed by atoms with E-state index in [9.17, 15) is 4.39 Å². The van der Waals surface area contributed by atoms with E-state index in [1.54, 1.807) is 0 Å². The fourth-order valence-corrected chi connectivity index (χ4v) is 1.39. The lowest BCUT2D eigenvalue weighted by molar-refractivity contribution is 0.136. The highest BCUT2D eigenvalue weighted by molar-refractivity contribution is 4.71. The van der Waals surface area contributed by atoms with Crippen LogP contribution in [0.5, 0.6) is 0 Å². The highest BCUT2D eigenvalue weighted by Crippen LogP contribution is 2.25. The molecule has 0 unspecified atom stereocenters. The fourth-order valence-electron chi connectivity index (χ4n) is 1.39. The summed E-state index contributed by atoms with van der Waals surface area (Å²) < 4.78 is 12.5. The van der Waals surface area contributed by atoms with Crippen LogP contribution in [0.2, 0.25) is 0 Å². The molecule has 0 saturated heterocycles. The van der Waals surface area contributed by atoms with Gasteiger partial charge in [-0.3, -0.25) is 0 Å². The minimum absolute atomic E-state index is 0.167. The molecule has 1 rings (SSSR count). The van der Waals surface area contributed by atoms with Crippen molar-refractivity contribution in [3.8, 4) is 0 Å². The zero-order valence-corrected chi connectivity index (χ0v) is 5.52. The number of aliphatic hydroxyl groups excluding tert-OH is 1. The summed E-state index contributed by atoms with van der Waals surface area (Å²) in [5.74, 6) is 0.244. The molecule has 0 bridgehead atoms. The van der Waals surface area contributed by atoms with Gasteiger partial charge in [-0.25, -0.2) is 4.39 Å². The van der Waals surface area contributed by atoms with Gasteiger partial charge in [-0.1, -0.05) is 6.42 Å². The molecule has 0 radical (unpaired) electrons. The van der Waals surface area contributed by atoms with E-state index in [-0.39, 0.29) is 12.5 Å². The third-order valence-corrected chi connectivity index (χ3v) is 1.98. The zero-order chi connectivity index (χ0) is 6.69. The Labute approximate surface area is 54.9 Å². The molecule has 0 aliphatic heterocycles. The number of halogens is 1. The topological polar surface area (TPSA) is 20.2 Å². The number of rotatable bonds is 1. The van der Waals surface area contributed by atoms with E-state index >= 15 is 0 Å². The molecule has 1 aliphatic rings. The highest BCUT2D eigenvalue weighted by Gasteiger charge is 2.19. The Bertz CT molecular complexity index is 85.0. The van der Waals surface area contributed by atoms with Gasteiger partial charge in [0.25, 0.3) is 0 Å². The first-order valence-electron chi connectivity index (χ1n) is 3.58. The second-order valence-corrected chi connectivity index (χ2v) is 2.81. The molecule has 1 N–H and O–H groups in total. The normalized spacial score (nSPS) is 36.7. The van der Waals surface area contributed by atoms with E-state index in [4.69, 9.17) is 5.11 Å². The summed E-state index contributed by atoms with van der Waals surface area (Å²) >= 11 is 0. The van der Waals surface area contributed by atoms with E-state index in [0.29, 0.717) is 12.8 Å². The minimum Gasteiger partial charge on any atom is -0.396 e. The molecule has 0 amide bonds. The summed E-state index contributed by atoms with van der Waals surface area (Å²) in [6.45, 7) is 0.167. The van der Waals surface area contributed by atoms with Crippen LogP contribution in [0.15, 0.2) is 0 Å². The summed E-state index contributed by atoms with van der Waals surface area (Å²) in [4.78, 5) is 0. The molecule has 0 aromatic rings. The molecule has 0 heterocycles. The van der Waals surface area contributed by atoms with Crippen molar-refractivity contribution < 1.29 is 9.50 Å². The van der Waals surface area contributed by atoms with E-state index in [1.165, 1.54) is 0 Å². The number of hydrogen-bond donors (Lipinski definition) is 1. The van der Waals surface area contributed by atoms with E-state index < -0.39 is 6.17 Å². The van der Waals surface area contributed by atoms with Gasteiger partial charge in [-0.05, 0) is 25.2 Å². The molecule has 1 aliphatic carbocycles. The Balaban J connectivity index is 2.23. The molecule has 2 heteroatoms. The molecule has 0 aromatic carbocycles. The molecule has 1 fully saturated rings.